The maximum Gasteiger partial charge on any atom is 0.279 e. The van der Waals surface area contributed by atoms with E-state index in [2.05, 4.69) is 11.2 Å². The van der Waals surface area contributed by atoms with Gasteiger partial charge in [0.2, 0.25) is 0 Å². The average molecular weight is 289 g/mol. The molecule has 5 nitrogen and oxygen atoms in total. The van der Waals surface area contributed by atoms with Gasteiger partial charge in [0.1, 0.15) is 18.1 Å². The molecule has 1 aromatic rings. The summed E-state index contributed by atoms with van der Waals surface area (Å²) in [6.07, 6.45) is 11.0. The fourth-order valence-corrected chi connectivity index (χ4v) is 2.78. The molecule has 0 aromatic carbocycles. The summed E-state index contributed by atoms with van der Waals surface area (Å²) in [7, 11) is 0. The number of nitrogens with zero attached hydrogens (tertiary/aromatic N) is 1. The summed E-state index contributed by atoms with van der Waals surface area (Å²) in [5, 5.41) is 11.4. The topological polar surface area (TPSA) is 85.1 Å². The molecule has 0 spiro atoms. The molecule has 114 valence electrons. The van der Waals surface area contributed by atoms with Crippen molar-refractivity contribution in [2.45, 2.75) is 46.1 Å². The molecular formula is C16H23N3O2. The smallest absolute Gasteiger partial charge is 0.279 e. The molecule has 0 unspecified atom stereocenters. The normalized spacial score (nSPS) is 16.8. The lowest BCUT2D eigenvalue weighted by molar-refractivity contribution is 0.281. The Labute approximate surface area is 125 Å². The third kappa shape index (κ3) is 3.74. The third-order valence-electron chi connectivity index (χ3n) is 3.89. The first kappa shape index (κ1) is 15.4. The van der Waals surface area contributed by atoms with Crippen LogP contribution in [0.4, 0.5) is 0 Å². The number of aryl methyl sites for hydroxylation is 1. The van der Waals surface area contributed by atoms with Crippen LogP contribution in [0.25, 0.3) is 5.57 Å². The maximum absolute atomic E-state index is 7.20. The summed E-state index contributed by atoms with van der Waals surface area (Å²) < 4.78 is 10.5. The number of nitrogens with one attached hydrogen (secondary N) is 1. The number of nitrogens with two attached hydrogens (primary N) is 1. The highest BCUT2D eigenvalue weighted by atomic mass is 16.5. The first-order valence-electron chi connectivity index (χ1n) is 7.38. The molecule has 0 atom stereocenters. The van der Waals surface area contributed by atoms with Gasteiger partial charge in [0.05, 0.1) is 5.56 Å². The van der Waals surface area contributed by atoms with Crippen molar-refractivity contribution < 1.29 is 9.26 Å². The highest BCUT2D eigenvalue weighted by Crippen LogP contribution is 2.38. The molecule has 1 saturated carbocycles. The van der Waals surface area contributed by atoms with E-state index in [0.29, 0.717) is 5.92 Å². The Balaban J connectivity index is 2.33. The van der Waals surface area contributed by atoms with E-state index >= 15 is 0 Å². The van der Waals surface area contributed by atoms with E-state index in [0.717, 1.165) is 17.0 Å². The molecule has 1 aromatic heterocycles. The van der Waals surface area contributed by atoms with Crippen LogP contribution in [0.15, 0.2) is 22.8 Å². The van der Waals surface area contributed by atoms with Crippen LogP contribution in [-0.2, 0) is 11.3 Å². The van der Waals surface area contributed by atoms with Gasteiger partial charge in [-0.05, 0) is 38.2 Å². The minimum atomic E-state index is -0.290. The van der Waals surface area contributed by atoms with Gasteiger partial charge in [-0.2, -0.15) is 0 Å². The highest BCUT2D eigenvalue weighted by Gasteiger charge is 2.25. The van der Waals surface area contributed by atoms with Crippen molar-refractivity contribution in [1.29, 1.82) is 5.41 Å². The van der Waals surface area contributed by atoms with Crippen LogP contribution in [0.3, 0.4) is 0 Å². The fraction of sp³-hybridized carbons (Fsp3) is 0.500. The third-order valence-corrected chi connectivity index (χ3v) is 3.89. The predicted molar refractivity (Wildman–Crippen MR) is 82.7 cm³/mol. The van der Waals surface area contributed by atoms with E-state index in [9.17, 15) is 0 Å². The Morgan fingerprint density at radius 2 is 2.19 bits per heavy atom. The van der Waals surface area contributed by atoms with Crippen LogP contribution < -0.4 is 5.73 Å². The van der Waals surface area contributed by atoms with Gasteiger partial charge in [-0.1, -0.05) is 36.2 Å². The van der Waals surface area contributed by atoms with E-state index in [-0.39, 0.29) is 12.6 Å². The molecule has 1 aliphatic rings. The van der Waals surface area contributed by atoms with Crippen LogP contribution in [0.5, 0.6) is 0 Å². The lowest BCUT2D eigenvalue weighted by Gasteiger charge is -2.13. The summed E-state index contributed by atoms with van der Waals surface area (Å²) in [5.41, 5.74) is 8.20. The van der Waals surface area contributed by atoms with Gasteiger partial charge in [-0.15, -0.1) is 0 Å². The Morgan fingerprint density at radius 1 is 1.48 bits per heavy atom. The molecule has 1 fully saturated rings. The predicted octanol–water partition coefficient (Wildman–Crippen LogP) is 3.54. The lowest BCUT2D eigenvalue weighted by Crippen LogP contribution is -2.14. The van der Waals surface area contributed by atoms with Gasteiger partial charge in [-0.3, -0.25) is 5.41 Å². The molecule has 1 heterocycles. The number of hydrogen-bond donors (Lipinski definition) is 2. The van der Waals surface area contributed by atoms with Crippen molar-refractivity contribution >= 4 is 11.6 Å². The van der Waals surface area contributed by atoms with Crippen molar-refractivity contribution in [3.05, 3.63) is 35.2 Å². The van der Waals surface area contributed by atoms with Gasteiger partial charge >= 0.3 is 0 Å². The van der Waals surface area contributed by atoms with Gasteiger partial charge < -0.3 is 15.0 Å². The highest BCUT2D eigenvalue weighted by molar-refractivity contribution is 5.70. The van der Waals surface area contributed by atoms with Crippen molar-refractivity contribution in [2.75, 3.05) is 0 Å². The fourth-order valence-electron chi connectivity index (χ4n) is 2.78. The van der Waals surface area contributed by atoms with Gasteiger partial charge in [0.25, 0.3) is 6.02 Å². The van der Waals surface area contributed by atoms with E-state index in [4.69, 9.17) is 20.4 Å². The Bertz CT molecular complexity index is 552. The first-order chi connectivity index (χ1) is 10.1. The SMILES string of the molecule is C/C=C\C=C(\c1noc(C)c1COC(=N)N)C1CCCC1. The molecule has 3 N–H and O–H groups in total. The van der Waals surface area contributed by atoms with Crippen LogP contribution in [-0.4, -0.2) is 11.2 Å². The minimum Gasteiger partial charge on any atom is -0.461 e. The lowest BCUT2D eigenvalue weighted by atomic mass is 9.92. The van der Waals surface area contributed by atoms with Gasteiger partial charge in [0, 0.05) is 0 Å². The van der Waals surface area contributed by atoms with E-state index in [1.807, 2.05) is 26.0 Å². The number of hydrogen-bond acceptors (Lipinski definition) is 4. The number of amidine groups is 1. The number of ether oxygens (including phenoxy) is 1. The molecule has 0 amide bonds. The van der Waals surface area contributed by atoms with Crippen LogP contribution in [0.2, 0.25) is 0 Å². The van der Waals surface area contributed by atoms with Crippen molar-refractivity contribution in [3.63, 3.8) is 0 Å². The number of aromatic nitrogens is 1. The molecule has 21 heavy (non-hydrogen) atoms. The molecule has 5 heteroatoms. The summed E-state index contributed by atoms with van der Waals surface area (Å²) in [6, 6.07) is -0.290. The Hall–Kier alpha value is -2.04. The van der Waals surface area contributed by atoms with E-state index < -0.39 is 0 Å². The Kier molecular flexibility index (Phi) is 5.20. The molecule has 1 aliphatic carbocycles. The minimum absolute atomic E-state index is 0.222. The molecule has 0 bridgehead atoms. The second kappa shape index (κ2) is 7.11. The largest absolute Gasteiger partial charge is 0.461 e. The van der Waals surface area contributed by atoms with E-state index in [1.54, 1.807) is 0 Å². The molecule has 0 radical (unpaired) electrons. The second-order valence-corrected chi connectivity index (χ2v) is 5.35. The summed E-state index contributed by atoms with van der Waals surface area (Å²) >= 11 is 0. The summed E-state index contributed by atoms with van der Waals surface area (Å²) in [5.74, 6) is 1.23. The zero-order chi connectivity index (χ0) is 15.2. The number of allylic oxidation sites excluding steroid dienone is 4. The Morgan fingerprint density at radius 3 is 2.81 bits per heavy atom. The molecule has 2 rings (SSSR count). The van der Waals surface area contributed by atoms with Gasteiger partial charge in [-0.25, -0.2) is 0 Å². The van der Waals surface area contributed by atoms with Crippen molar-refractivity contribution in [2.24, 2.45) is 11.7 Å². The maximum atomic E-state index is 7.20. The van der Waals surface area contributed by atoms with E-state index in [1.165, 1.54) is 31.3 Å². The summed E-state index contributed by atoms with van der Waals surface area (Å²) in [6.45, 7) is 4.08. The standard InChI is InChI=1S/C16H23N3O2/c1-3-4-9-13(12-7-5-6-8-12)15-14(10-20-16(17)18)11(2)21-19-15/h3-4,9,12H,5-8,10H2,1-2H3,(H3,17,18)/b4-3-,13-9+. The average Bonchev–Trinajstić information content (AvgIpc) is 3.08. The van der Waals surface area contributed by atoms with Crippen LogP contribution in [0, 0.1) is 18.3 Å². The zero-order valence-corrected chi connectivity index (χ0v) is 12.7. The number of rotatable bonds is 5. The van der Waals surface area contributed by atoms with Crippen molar-refractivity contribution in [1.82, 2.24) is 5.16 Å². The molecule has 0 saturated heterocycles. The molecule has 0 aliphatic heterocycles. The van der Waals surface area contributed by atoms with Crippen LogP contribution >= 0.6 is 0 Å². The monoisotopic (exact) mass is 289 g/mol. The van der Waals surface area contributed by atoms with Gasteiger partial charge in [0.15, 0.2) is 0 Å². The van der Waals surface area contributed by atoms with Crippen LogP contribution in [0.1, 0.15) is 49.6 Å². The summed E-state index contributed by atoms with van der Waals surface area (Å²) in [4.78, 5) is 0. The second-order valence-electron chi connectivity index (χ2n) is 5.35. The first-order valence-corrected chi connectivity index (χ1v) is 7.38. The zero-order valence-electron chi connectivity index (χ0n) is 12.7. The quantitative estimate of drug-likeness (QED) is 0.493. The van der Waals surface area contributed by atoms with Crippen molar-refractivity contribution in [3.8, 4) is 0 Å². The molecular weight excluding hydrogens is 266 g/mol.